The van der Waals surface area contributed by atoms with Crippen molar-refractivity contribution in [3.05, 3.63) is 40.2 Å². The van der Waals surface area contributed by atoms with E-state index in [2.05, 4.69) is 25.9 Å². The largest absolute Gasteiger partial charge is 0.480 e. The molecule has 1 aromatic heterocycles. The van der Waals surface area contributed by atoms with Crippen molar-refractivity contribution < 1.29 is 23.8 Å². The summed E-state index contributed by atoms with van der Waals surface area (Å²) in [6.45, 7) is 0. The van der Waals surface area contributed by atoms with Crippen LogP contribution in [0.2, 0.25) is 0 Å². The first-order chi connectivity index (χ1) is 9.51. The number of aromatic nitrogens is 2. The van der Waals surface area contributed by atoms with Gasteiger partial charge in [-0.3, -0.25) is 0 Å². The number of hydrogen-bond donors (Lipinski definition) is 1. The molecule has 0 bridgehead atoms. The highest BCUT2D eigenvalue weighted by molar-refractivity contribution is 9.10. The number of carbonyl (C=O) groups is 1. The van der Waals surface area contributed by atoms with Crippen LogP contribution in [-0.2, 0) is 0 Å². The lowest BCUT2D eigenvalue weighted by atomic mass is 10.2. The van der Waals surface area contributed by atoms with Crippen molar-refractivity contribution in [3.8, 4) is 17.6 Å². The van der Waals surface area contributed by atoms with Crippen LogP contribution in [0.1, 0.15) is 10.4 Å². The van der Waals surface area contributed by atoms with Gasteiger partial charge in [0.05, 0.1) is 17.8 Å². The predicted molar refractivity (Wildman–Crippen MR) is 69.7 cm³/mol. The number of carboxylic acids is 1. The Labute approximate surface area is 121 Å². The summed E-state index contributed by atoms with van der Waals surface area (Å²) in [6, 6.07) is 3.02. The van der Waals surface area contributed by atoms with Gasteiger partial charge in [0.15, 0.2) is 0 Å². The van der Waals surface area contributed by atoms with Gasteiger partial charge in [-0.2, -0.15) is 4.98 Å². The van der Waals surface area contributed by atoms with Crippen molar-refractivity contribution in [2.24, 2.45) is 0 Å². The Bertz CT molecular complexity index is 666. The minimum atomic E-state index is -1.32. The zero-order chi connectivity index (χ0) is 14.7. The van der Waals surface area contributed by atoms with Crippen molar-refractivity contribution in [1.82, 2.24) is 9.97 Å². The number of nitrogens with zero attached hydrogens (tertiary/aromatic N) is 2. The molecule has 8 heteroatoms. The Kier molecular flexibility index (Phi) is 4.14. The van der Waals surface area contributed by atoms with E-state index in [4.69, 9.17) is 14.6 Å². The Hall–Kier alpha value is -2.22. The fourth-order valence-electron chi connectivity index (χ4n) is 1.39. The lowest BCUT2D eigenvalue weighted by Crippen LogP contribution is -2.02. The maximum atomic E-state index is 13.0. The average Bonchev–Trinajstić information content (AvgIpc) is 2.42. The van der Waals surface area contributed by atoms with E-state index >= 15 is 0 Å². The summed E-state index contributed by atoms with van der Waals surface area (Å²) in [4.78, 5) is 18.8. The highest BCUT2D eigenvalue weighted by Gasteiger charge is 2.15. The van der Waals surface area contributed by atoms with Gasteiger partial charge in [-0.15, -0.1) is 0 Å². The summed E-state index contributed by atoms with van der Waals surface area (Å²) in [6.07, 6.45) is 1.39. The zero-order valence-electron chi connectivity index (χ0n) is 10.1. The number of halogens is 2. The van der Waals surface area contributed by atoms with E-state index in [0.29, 0.717) is 4.47 Å². The Morgan fingerprint density at radius 2 is 2.20 bits per heavy atom. The standard InChI is InChI=1S/C12H8BrFN2O4/c1-19-10-8(13)5-15-12(16-10)20-9-3-2-6(14)4-7(9)11(17)18/h2-5H,1H3,(H,17,18). The van der Waals surface area contributed by atoms with Gasteiger partial charge < -0.3 is 14.6 Å². The van der Waals surface area contributed by atoms with E-state index in [0.717, 1.165) is 12.1 Å². The highest BCUT2D eigenvalue weighted by atomic mass is 79.9. The molecule has 1 heterocycles. The van der Waals surface area contributed by atoms with E-state index in [1.165, 1.54) is 19.4 Å². The molecule has 6 nitrogen and oxygen atoms in total. The molecular weight excluding hydrogens is 335 g/mol. The Morgan fingerprint density at radius 1 is 1.45 bits per heavy atom. The number of methoxy groups -OCH3 is 1. The molecule has 0 saturated carbocycles. The average molecular weight is 343 g/mol. The first-order valence-corrected chi connectivity index (χ1v) is 6.08. The minimum absolute atomic E-state index is 0.0664. The van der Waals surface area contributed by atoms with E-state index in [-0.39, 0.29) is 23.2 Å². The SMILES string of the molecule is COc1nc(Oc2ccc(F)cc2C(=O)O)ncc1Br. The Morgan fingerprint density at radius 3 is 2.85 bits per heavy atom. The van der Waals surface area contributed by atoms with Gasteiger partial charge in [0.1, 0.15) is 17.1 Å². The third-order valence-corrected chi connectivity index (χ3v) is 2.80. The van der Waals surface area contributed by atoms with Crippen molar-refractivity contribution in [2.45, 2.75) is 0 Å². The fraction of sp³-hybridized carbons (Fsp3) is 0.0833. The molecule has 1 N–H and O–H groups in total. The zero-order valence-corrected chi connectivity index (χ0v) is 11.7. The van der Waals surface area contributed by atoms with Crippen LogP contribution >= 0.6 is 15.9 Å². The predicted octanol–water partition coefficient (Wildman–Crippen LogP) is 2.88. The monoisotopic (exact) mass is 342 g/mol. The van der Waals surface area contributed by atoms with Crippen molar-refractivity contribution in [1.29, 1.82) is 0 Å². The van der Waals surface area contributed by atoms with Crippen LogP contribution in [0.4, 0.5) is 4.39 Å². The second-order valence-electron chi connectivity index (χ2n) is 3.56. The maximum Gasteiger partial charge on any atom is 0.339 e. The van der Waals surface area contributed by atoms with Crippen LogP contribution < -0.4 is 9.47 Å². The van der Waals surface area contributed by atoms with Gasteiger partial charge in [0.2, 0.25) is 5.88 Å². The second-order valence-corrected chi connectivity index (χ2v) is 4.41. The summed E-state index contributed by atoms with van der Waals surface area (Å²) in [5.41, 5.74) is -0.324. The molecule has 0 atom stereocenters. The number of carboxylic acid groups (broad SMARTS) is 1. The van der Waals surface area contributed by atoms with Crippen LogP contribution in [-0.4, -0.2) is 28.2 Å². The summed E-state index contributed by atoms with van der Waals surface area (Å²) in [5.74, 6) is -1.83. The molecule has 2 aromatic rings. The van der Waals surface area contributed by atoms with Gasteiger partial charge >= 0.3 is 12.0 Å². The number of benzene rings is 1. The summed E-state index contributed by atoms with van der Waals surface area (Å²) >= 11 is 3.17. The summed E-state index contributed by atoms with van der Waals surface area (Å²) in [7, 11) is 1.41. The van der Waals surface area contributed by atoms with Crippen LogP contribution in [0.15, 0.2) is 28.9 Å². The van der Waals surface area contributed by atoms with E-state index in [1.54, 1.807) is 0 Å². The van der Waals surface area contributed by atoms with E-state index in [9.17, 15) is 9.18 Å². The van der Waals surface area contributed by atoms with E-state index < -0.39 is 11.8 Å². The molecule has 0 radical (unpaired) electrons. The molecule has 2 rings (SSSR count). The molecule has 104 valence electrons. The minimum Gasteiger partial charge on any atom is -0.480 e. The van der Waals surface area contributed by atoms with Crippen LogP contribution in [0.5, 0.6) is 17.6 Å². The third-order valence-electron chi connectivity index (χ3n) is 2.26. The smallest absolute Gasteiger partial charge is 0.339 e. The van der Waals surface area contributed by atoms with Gasteiger partial charge in [0, 0.05) is 0 Å². The number of ether oxygens (including phenoxy) is 2. The Balaban J connectivity index is 2.37. The van der Waals surface area contributed by atoms with Crippen LogP contribution in [0, 0.1) is 5.82 Å². The number of aromatic carboxylic acids is 1. The molecule has 0 amide bonds. The van der Waals surface area contributed by atoms with Crippen molar-refractivity contribution in [2.75, 3.05) is 7.11 Å². The van der Waals surface area contributed by atoms with Gasteiger partial charge in [-0.05, 0) is 34.1 Å². The number of rotatable bonds is 4. The van der Waals surface area contributed by atoms with Crippen LogP contribution in [0.25, 0.3) is 0 Å². The first kappa shape index (κ1) is 14.2. The van der Waals surface area contributed by atoms with Crippen molar-refractivity contribution >= 4 is 21.9 Å². The quantitative estimate of drug-likeness (QED) is 0.919. The topological polar surface area (TPSA) is 81.5 Å². The molecule has 0 aliphatic heterocycles. The molecule has 0 aliphatic rings. The molecular formula is C12H8BrFN2O4. The molecule has 0 spiro atoms. The van der Waals surface area contributed by atoms with Crippen LogP contribution in [0.3, 0.4) is 0 Å². The highest BCUT2D eigenvalue weighted by Crippen LogP contribution is 2.27. The van der Waals surface area contributed by atoms with E-state index in [1.807, 2.05) is 0 Å². The van der Waals surface area contributed by atoms with Gasteiger partial charge in [-0.25, -0.2) is 14.2 Å². The van der Waals surface area contributed by atoms with Crippen molar-refractivity contribution in [3.63, 3.8) is 0 Å². The fourth-order valence-corrected chi connectivity index (χ4v) is 1.74. The molecule has 20 heavy (non-hydrogen) atoms. The maximum absolute atomic E-state index is 13.0. The molecule has 0 fully saturated rings. The third kappa shape index (κ3) is 3.02. The second kappa shape index (κ2) is 5.83. The molecule has 0 aliphatic carbocycles. The number of hydrogen-bond acceptors (Lipinski definition) is 5. The lowest BCUT2D eigenvalue weighted by Gasteiger charge is -2.08. The molecule has 0 unspecified atom stereocenters. The molecule has 0 saturated heterocycles. The lowest BCUT2D eigenvalue weighted by molar-refractivity contribution is 0.0693. The summed E-state index contributed by atoms with van der Waals surface area (Å²) in [5, 5.41) is 8.99. The molecule has 1 aromatic carbocycles. The van der Waals surface area contributed by atoms with Gasteiger partial charge in [-0.1, -0.05) is 0 Å². The van der Waals surface area contributed by atoms with Gasteiger partial charge in [0.25, 0.3) is 0 Å². The summed E-state index contributed by atoms with van der Waals surface area (Å²) < 4.78 is 23.8. The first-order valence-electron chi connectivity index (χ1n) is 5.28. The normalized spacial score (nSPS) is 10.2.